The maximum absolute atomic E-state index is 13.6. The summed E-state index contributed by atoms with van der Waals surface area (Å²) in [5, 5.41) is 5.81. The standard InChI is InChI=1S/C25H24F3N5O2S/c1-31-7-9-32(10-8-31)24-30-23(34)22(36-24)12-16-3-6-21-18(11-16)14-29-33(21)15-17-4-5-19(35-2)13-20(17)25(26,27)28/h3-6,11-14H,7-10,15H2,1-2H3/b22-12-. The van der Waals surface area contributed by atoms with E-state index in [2.05, 4.69) is 26.9 Å². The van der Waals surface area contributed by atoms with Gasteiger partial charge in [-0.25, -0.2) is 0 Å². The van der Waals surface area contributed by atoms with E-state index in [0.29, 0.717) is 10.4 Å². The van der Waals surface area contributed by atoms with E-state index in [1.165, 1.54) is 35.7 Å². The van der Waals surface area contributed by atoms with Crippen LogP contribution in [0.15, 0.2) is 52.5 Å². The maximum atomic E-state index is 13.6. The summed E-state index contributed by atoms with van der Waals surface area (Å²) in [5.41, 5.74) is 0.842. The van der Waals surface area contributed by atoms with Gasteiger partial charge in [0, 0.05) is 31.6 Å². The number of rotatable bonds is 4. The minimum Gasteiger partial charge on any atom is -0.497 e. The zero-order chi connectivity index (χ0) is 25.4. The molecule has 1 fully saturated rings. The van der Waals surface area contributed by atoms with E-state index in [1.807, 2.05) is 12.1 Å². The van der Waals surface area contributed by atoms with E-state index < -0.39 is 11.7 Å². The smallest absolute Gasteiger partial charge is 0.416 e. The molecule has 1 saturated heterocycles. The number of fused-ring (bicyclic) bond motifs is 1. The van der Waals surface area contributed by atoms with Crippen molar-refractivity contribution in [2.24, 2.45) is 4.99 Å². The van der Waals surface area contributed by atoms with Crippen molar-refractivity contribution in [2.75, 3.05) is 40.3 Å². The lowest BCUT2D eigenvalue weighted by Gasteiger charge is -2.32. The second-order valence-electron chi connectivity index (χ2n) is 8.74. The normalized spacial score (nSPS) is 18.4. The SMILES string of the molecule is COc1ccc(Cn2ncc3cc(/C=C4\SC(N5CCN(C)CC5)=NC4=O)ccc32)c(C(F)(F)F)c1. The van der Waals surface area contributed by atoms with Gasteiger partial charge in [0.1, 0.15) is 5.75 Å². The van der Waals surface area contributed by atoms with Crippen molar-refractivity contribution in [2.45, 2.75) is 12.7 Å². The number of carbonyl (C=O) groups is 1. The molecule has 2 aliphatic heterocycles. The molecule has 1 amide bonds. The van der Waals surface area contributed by atoms with Gasteiger partial charge in [0.2, 0.25) is 0 Å². The second kappa shape index (κ2) is 9.62. The average molecular weight is 516 g/mol. The molecular weight excluding hydrogens is 491 g/mol. The Kier molecular flexibility index (Phi) is 6.52. The van der Waals surface area contributed by atoms with Gasteiger partial charge < -0.3 is 14.5 Å². The Balaban J connectivity index is 1.36. The first-order valence-electron chi connectivity index (χ1n) is 11.4. The monoisotopic (exact) mass is 515 g/mol. The first kappa shape index (κ1) is 24.4. The van der Waals surface area contributed by atoms with Gasteiger partial charge in [0.05, 0.1) is 35.8 Å². The topological polar surface area (TPSA) is 63.0 Å². The molecule has 0 unspecified atom stereocenters. The zero-order valence-corrected chi connectivity index (χ0v) is 20.6. The van der Waals surface area contributed by atoms with Gasteiger partial charge in [-0.3, -0.25) is 9.48 Å². The number of hydrogen-bond acceptors (Lipinski definition) is 6. The number of alkyl halides is 3. The van der Waals surface area contributed by atoms with E-state index in [1.54, 1.807) is 18.3 Å². The Morgan fingerprint density at radius 2 is 1.89 bits per heavy atom. The summed E-state index contributed by atoms with van der Waals surface area (Å²) in [6.07, 6.45) is -1.10. The third-order valence-corrected chi connectivity index (χ3v) is 7.33. The van der Waals surface area contributed by atoms with Gasteiger partial charge in [0.15, 0.2) is 5.17 Å². The fourth-order valence-corrected chi connectivity index (χ4v) is 5.21. The van der Waals surface area contributed by atoms with Crippen molar-refractivity contribution in [3.63, 3.8) is 0 Å². The third kappa shape index (κ3) is 4.98. The largest absolute Gasteiger partial charge is 0.497 e. The summed E-state index contributed by atoms with van der Waals surface area (Å²) in [4.78, 5) is 21.6. The van der Waals surface area contributed by atoms with Crippen LogP contribution in [0.25, 0.3) is 17.0 Å². The maximum Gasteiger partial charge on any atom is 0.416 e. The van der Waals surface area contributed by atoms with Gasteiger partial charge in [-0.1, -0.05) is 12.1 Å². The van der Waals surface area contributed by atoms with Crippen LogP contribution < -0.4 is 4.74 Å². The number of likely N-dealkylation sites (N-methyl/N-ethyl adjacent to an activating group) is 1. The van der Waals surface area contributed by atoms with E-state index in [-0.39, 0.29) is 23.8 Å². The van der Waals surface area contributed by atoms with Gasteiger partial charge in [-0.2, -0.15) is 23.3 Å². The van der Waals surface area contributed by atoms with Crippen LogP contribution >= 0.6 is 11.8 Å². The lowest BCUT2D eigenvalue weighted by atomic mass is 10.1. The average Bonchev–Trinajstić information content (AvgIpc) is 3.42. The van der Waals surface area contributed by atoms with Gasteiger partial charge in [0.25, 0.3) is 5.91 Å². The van der Waals surface area contributed by atoms with Crippen molar-refractivity contribution in [3.05, 3.63) is 64.2 Å². The van der Waals surface area contributed by atoms with Crippen LogP contribution in [0.4, 0.5) is 13.2 Å². The molecule has 188 valence electrons. The lowest BCUT2D eigenvalue weighted by molar-refractivity contribution is -0.138. The molecule has 5 rings (SSSR count). The Labute approximate surface area is 210 Å². The number of amides is 1. The van der Waals surface area contributed by atoms with Gasteiger partial charge in [-0.05, 0) is 60.3 Å². The van der Waals surface area contributed by atoms with Crippen molar-refractivity contribution in [1.29, 1.82) is 0 Å². The summed E-state index contributed by atoms with van der Waals surface area (Å²) >= 11 is 1.37. The van der Waals surface area contributed by atoms with Crippen LogP contribution in [0.5, 0.6) is 5.75 Å². The molecule has 7 nitrogen and oxygen atoms in total. The van der Waals surface area contributed by atoms with E-state index in [0.717, 1.165) is 48.4 Å². The highest BCUT2D eigenvalue weighted by atomic mass is 32.2. The fraction of sp³-hybridized carbons (Fsp3) is 0.320. The molecule has 1 aromatic heterocycles. The minimum absolute atomic E-state index is 0.0423. The number of nitrogens with zero attached hydrogens (tertiary/aromatic N) is 5. The molecule has 0 atom stereocenters. The molecule has 11 heteroatoms. The summed E-state index contributed by atoms with van der Waals surface area (Å²) in [6.45, 7) is 3.47. The van der Waals surface area contributed by atoms with E-state index >= 15 is 0 Å². The molecule has 0 N–H and O–H groups in total. The van der Waals surface area contributed by atoms with Gasteiger partial charge >= 0.3 is 6.18 Å². The summed E-state index contributed by atoms with van der Waals surface area (Å²) in [6, 6.07) is 9.42. The molecule has 3 heterocycles. The van der Waals surface area contributed by atoms with Crippen LogP contribution in [0.2, 0.25) is 0 Å². The number of hydrogen-bond donors (Lipinski definition) is 0. The highest BCUT2D eigenvalue weighted by molar-refractivity contribution is 8.18. The number of amidine groups is 1. The predicted octanol–water partition coefficient (Wildman–Crippen LogP) is 4.33. The minimum atomic E-state index is -4.51. The van der Waals surface area contributed by atoms with Crippen molar-refractivity contribution in [1.82, 2.24) is 19.6 Å². The van der Waals surface area contributed by atoms with Crippen LogP contribution in [0.3, 0.4) is 0 Å². The van der Waals surface area contributed by atoms with E-state index in [4.69, 9.17) is 4.74 Å². The molecule has 2 aliphatic rings. The Bertz CT molecular complexity index is 1370. The summed E-state index contributed by atoms with van der Waals surface area (Å²) in [7, 11) is 3.40. The number of methoxy groups -OCH3 is 1. The Morgan fingerprint density at radius 3 is 2.61 bits per heavy atom. The number of piperazine rings is 1. The van der Waals surface area contributed by atoms with Crippen molar-refractivity contribution < 1.29 is 22.7 Å². The predicted molar refractivity (Wildman–Crippen MR) is 134 cm³/mol. The Hall–Kier alpha value is -3.31. The number of carbonyl (C=O) groups excluding carboxylic acids is 1. The highest BCUT2D eigenvalue weighted by Gasteiger charge is 2.34. The van der Waals surface area contributed by atoms with Crippen LogP contribution in [0, 0.1) is 0 Å². The molecule has 0 spiro atoms. The van der Waals surface area contributed by atoms with Crippen molar-refractivity contribution >= 4 is 39.8 Å². The molecule has 36 heavy (non-hydrogen) atoms. The molecular formula is C25H24F3N5O2S. The van der Waals surface area contributed by atoms with Crippen molar-refractivity contribution in [3.8, 4) is 5.75 Å². The summed E-state index contributed by atoms with van der Waals surface area (Å²) < 4.78 is 47.3. The first-order chi connectivity index (χ1) is 17.2. The number of aliphatic imine (C=N–C) groups is 1. The molecule has 0 aliphatic carbocycles. The third-order valence-electron chi connectivity index (χ3n) is 6.29. The number of aromatic nitrogens is 2. The van der Waals surface area contributed by atoms with Crippen LogP contribution in [-0.2, 0) is 17.5 Å². The number of halogens is 3. The highest BCUT2D eigenvalue weighted by Crippen LogP contribution is 2.35. The molecule has 2 aromatic carbocycles. The van der Waals surface area contributed by atoms with Crippen LogP contribution in [0.1, 0.15) is 16.7 Å². The number of ether oxygens (including phenoxy) is 1. The fourth-order valence-electron chi connectivity index (χ4n) is 4.25. The Morgan fingerprint density at radius 1 is 1.11 bits per heavy atom. The number of benzene rings is 2. The molecule has 0 saturated carbocycles. The number of thioether (sulfide) groups is 1. The van der Waals surface area contributed by atoms with Gasteiger partial charge in [-0.15, -0.1) is 0 Å². The first-order valence-corrected chi connectivity index (χ1v) is 12.2. The van der Waals surface area contributed by atoms with E-state index in [9.17, 15) is 18.0 Å². The molecule has 3 aromatic rings. The molecule has 0 radical (unpaired) electrons. The second-order valence-corrected chi connectivity index (χ2v) is 9.75. The molecule has 0 bridgehead atoms. The lowest BCUT2D eigenvalue weighted by Crippen LogP contribution is -2.46. The van der Waals surface area contributed by atoms with Crippen LogP contribution in [-0.4, -0.2) is 71.0 Å². The quantitative estimate of drug-likeness (QED) is 0.482. The summed E-state index contributed by atoms with van der Waals surface area (Å²) in [5.74, 6) is -0.114. The zero-order valence-electron chi connectivity index (χ0n) is 19.7.